The Kier molecular flexibility index (Phi) is 4.94. The highest BCUT2D eigenvalue weighted by atomic mass is 35.5. The minimum absolute atomic E-state index is 0.00148. The first kappa shape index (κ1) is 20.2. The number of carbonyl (C=O) groups is 2. The molecule has 1 aliphatic heterocycles. The molecule has 0 aromatic heterocycles. The van der Waals surface area contributed by atoms with Gasteiger partial charge in [-0.2, -0.15) is 0 Å². The van der Waals surface area contributed by atoms with Gasteiger partial charge in [0, 0.05) is 34.3 Å². The summed E-state index contributed by atoms with van der Waals surface area (Å²) >= 11 is 6.23. The lowest BCUT2D eigenvalue weighted by Gasteiger charge is -2.44. The van der Waals surface area contributed by atoms with Crippen LogP contribution in [0.1, 0.15) is 38.2 Å². The van der Waals surface area contributed by atoms with E-state index in [2.05, 4.69) is 13.8 Å². The third-order valence-corrected chi connectivity index (χ3v) is 5.96. The third-order valence-electron chi connectivity index (χ3n) is 5.72. The summed E-state index contributed by atoms with van der Waals surface area (Å²) in [6, 6.07) is 16.7. The fourth-order valence-corrected chi connectivity index (χ4v) is 4.75. The number of Topliss-reactive ketones (excluding diaryl/α,β-unsaturated/α-hetero) is 1. The van der Waals surface area contributed by atoms with Crippen LogP contribution in [0.25, 0.3) is 0 Å². The topological polar surface area (TPSA) is 89.4 Å². The maximum absolute atomic E-state index is 13.4. The van der Waals surface area contributed by atoms with Crippen molar-refractivity contribution in [1.82, 2.24) is 0 Å². The van der Waals surface area contributed by atoms with Crippen molar-refractivity contribution in [2.45, 2.75) is 32.6 Å². The van der Waals surface area contributed by atoms with E-state index in [4.69, 9.17) is 23.1 Å². The number of ketones is 1. The SMILES string of the molecule is CC1(C)CC(=O)C2=C(C1)N(c1ccccc1)C(N)=C(C(N)=O)C2c1cccc(Cl)c1. The monoisotopic (exact) mass is 421 g/mol. The molecule has 1 atom stereocenters. The normalized spacial score (nSPS) is 21.0. The Hall–Kier alpha value is -3.05. The fourth-order valence-electron chi connectivity index (χ4n) is 4.55. The first-order valence-corrected chi connectivity index (χ1v) is 10.2. The lowest BCUT2D eigenvalue weighted by Crippen LogP contribution is -2.44. The van der Waals surface area contributed by atoms with Crippen LogP contribution in [0.15, 0.2) is 77.3 Å². The zero-order valence-corrected chi connectivity index (χ0v) is 17.7. The van der Waals surface area contributed by atoms with Gasteiger partial charge in [0.05, 0.1) is 5.57 Å². The van der Waals surface area contributed by atoms with Crippen LogP contribution in [-0.4, -0.2) is 11.7 Å². The number of anilines is 1. The Balaban J connectivity index is 2.03. The third kappa shape index (κ3) is 3.39. The molecule has 4 N–H and O–H groups in total. The molecule has 4 rings (SSSR count). The summed E-state index contributed by atoms with van der Waals surface area (Å²) in [6.45, 7) is 4.13. The number of allylic oxidation sites excluding steroid dienone is 2. The van der Waals surface area contributed by atoms with E-state index in [9.17, 15) is 9.59 Å². The fraction of sp³-hybridized carbons (Fsp3) is 0.250. The molecule has 1 heterocycles. The van der Waals surface area contributed by atoms with E-state index >= 15 is 0 Å². The Morgan fingerprint density at radius 2 is 1.80 bits per heavy atom. The summed E-state index contributed by atoms with van der Waals surface area (Å²) < 4.78 is 0. The van der Waals surface area contributed by atoms with Crippen LogP contribution in [0.5, 0.6) is 0 Å². The summed E-state index contributed by atoms with van der Waals surface area (Å²) in [7, 11) is 0. The number of halogens is 1. The number of nitrogens with two attached hydrogens (primary N) is 2. The van der Waals surface area contributed by atoms with Gasteiger partial charge < -0.3 is 11.5 Å². The van der Waals surface area contributed by atoms with Gasteiger partial charge >= 0.3 is 0 Å². The van der Waals surface area contributed by atoms with Crippen LogP contribution >= 0.6 is 11.6 Å². The molecule has 0 fully saturated rings. The molecule has 0 radical (unpaired) electrons. The second-order valence-electron chi connectivity index (χ2n) is 8.62. The summed E-state index contributed by atoms with van der Waals surface area (Å²) in [5.41, 5.74) is 15.3. The quantitative estimate of drug-likeness (QED) is 0.775. The molecule has 0 spiro atoms. The van der Waals surface area contributed by atoms with Crippen molar-refractivity contribution in [3.63, 3.8) is 0 Å². The summed E-state index contributed by atoms with van der Waals surface area (Å²) in [5, 5.41) is 0.520. The molecule has 1 amide bonds. The number of rotatable bonds is 3. The Morgan fingerprint density at radius 1 is 1.10 bits per heavy atom. The van der Waals surface area contributed by atoms with Gasteiger partial charge in [0.1, 0.15) is 5.82 Å². The van der Waals surface area contributed by atoms with Crippen LogP contribution in [0.2, 0.25) is 5.02 Å². The van der Waals surface area contributed by atoms with Crippen molar-refractivity contribution in [2.24, 2.45) is 16.9 Å². The Labute approximate surface area is 181 Å². The molecular weight excluding hydrogens is 398 g/mol. The number of amides is 1. The molecule has 0 saturated heterocycles. The maximum atomic E-state index is 13.4. The van der Waals surface area contributed by atoms with Crippen molar-refractivity contribution >= 4 is 29.0 Å². The average molecular weight is 422 g/mol. The smallest absolute Gasteiger partial charge is 0.249 e. The average Bonchev–Trinajstić information content (AvgIpc) is 2.66. The van der Waals surface area contributed by atoms with E-state index in [0.717, 1.165) is 16.9 Å². The van der Waals surface area contributed by atoms with Crippen LogP contribution in [0.4, 0.5) is 5.69 Å². The van der Waals surface area contributed by atoms with Gasteiger partial charge in [0.2, 0.25) is 5.91 Å². The molecule has 6 heteroatoms. The zero-order chi connectivity index (χ0) is 21.6. The molecule has 0 bridgehead atoms. The molecule has 5 nitrogen and oxygen atoms in total. The van der Waals surface area contributed by atoms with Crippen LogP contribution in [0.3, 0.4) is 0 Å². The minimum atomic E-state index is -0.650. The molecule has 1 aliphatic carbocycles. The van der Waals surface area contributed by atoms with E-state index in [1.54, 1.807) is 18.2 Å². The van der Waals surface area contributed by atoms with Gasteiger partial charge in [0.25, 0.3) is 0 Å². The molecule has 2 aromatic carbocycles. The van der Waals surface area contributed by atoms with E-state index in [1.165, 1.54) is 0 Å². The van der Waals surface area contributed by atoms with Gasteiger partial charge in [-0.05, 0) is 41.7 Å². The van der Waals surface area contributed by atoms with Crippen LogP contribution in [-0.2, 0) is 9.59 Å². The van der Waals surface area contributed by atoms with E-state index in [1.807, 2.05) is 41.3 Å². The molecule has 154 valence electrons. The molecule has 2 aromatic rings. The molecular formula is C24H24ClN3O2. The predicted molar refractivity (Wildman–Crippen MR) is 119 cm³/mol. The summed E-state index contributed by atoms with van der Waals surface area (Å²) in [6.07, 6.45) is 1.03. The molecule has 1 unspecified atom stereocenters. The summed E-state index contributed by atoms with van der Waals surface area (Å²) in [4.78, 5) is 27.9. The zero-order valence-electron chi connectivity index (χ0n) is 17.0. The molecule has 30 heavy (non-hydrogen) atoms. The number of primary amides is 1. The van der Waals surface area contributed by atoms with Gasteiger partial charge in [-0.25, -0.2) is 0 Å². The second-order valence-corrected chi connectivity index (χ2v) is 9.06. The first-order valence-electron chi connectivity index (χ1n) is 9.86. The Morgan fingerprint density at radius 3 is 2.43 bits per heavy atom. The number of hydrogen-bond acceptors (Lipinski definition) is 4. The van der Waals surface area contributed by atoms with Gasteiger partial charge in [0.15, 0.2) is 5.78 Å². The van der Waals surface area contributed by atoms with Crippen molar-refractivity contribution in [3.8, 4) is 0 Å². The highest BCUT2D eigenvalue weighted by Gasteiger charge is 2.45. The van der Waals surface area contributed by atoms with E-state index in [0.29, 0.717) is 23.4 Å². The minimum Gasteiger partial charge on any atom is -0.384 e. The number of nitrogens with zero attached hydrogens (tertiary/aromatic N) is 1. The summed E-state index contributed by atoms with van der Waals surface area (Å²) in [5.74, 6) is -1.04. The highest BCUT2D eigenvalue weighted by molar-refractivity contribution is 6.30. The molecule has 2 aliphatic rings. The lowest BCUT2D eigenvalue weighted by molar-refractivity contribution is -0.118. The van der Waals surface area contributed by atoms with E-state index in [-0.39, 0.29) is 22.6 Å². The largest absolute Gasteiger partial charge is 0.384 e. The van der Waals surface area contributed by atoms with Crippen molar-refractivity contribution in [2.75, 3.05) is 4.90 Å². The maximum Gasteiger partial charge on any atom is 0.249 e. The van der Waals surface area contributed by atoms with Gasteiger partial charge in [-0.15, -0.1) is 0 Å². The number of carbonyl (C=O) groups excluding carboxylic acids is 2. The van der Waals surface area contributed by atoms with Gasteiger partial charge in [-0.1, -0.05) is 55.8 Å². The number of para-hydroxylation sites is 1. The second kappa shape index (κ2) is 7.33. The Bertz CT molecular complexity index is 1100. The van der Waals surface area contributed by atoms with Crippen LogP contribution in [0, 0.1) is 5.41 Å². The standard InChI is InChI=1S/C24H24ClN3O2/c1-24(2)12-17-20(18(29)13-24)19(14-7-6-8-15(25)11-14)21(23(27)30)22(26)28(17)16-9-4-3-5-10-16/h3-11,19H,12-13,26H2,1-2H3,(H2,27,30). The van der Waals surface area contributed by atoms with Crippen molar-refractivity contribution in [3.05, 3.63) is 87.8 Å². The molecule has 0 saturated carbocycles. The number of benzene rings is 2. The lowest BCUT2D eigenvalue weighted by atomic mass is 9.68. The van der Waals surface area contributed by atoms with Crippen molar-refractivity contribution in [1.29, 1.82) is 0 Å². The van der Waals surface area contributed by atoms with Crippen molar-refractivity contribution < 1.29 is 9.59 Å². The predicted octanol–water partition coefficient (Wildman–Crippen LogP) is 4.24. The van der Waals surface area contributed by atoms with Crippen LogP contribution < -0.4 is 16.4 Å². The van der Waals surface area contributed by atoms with E-state index < -0.39 is 11.8 Å². The highest BCUT2D eigenvalue weighted by Crippen LogP contribution is 2.50. The number of hydrogen-bond donors (Lipinski definition) is 2. The van der Waals surface area contributed by atoms with Gasteiger partial charge in [-0.3, -0.25) is 14.5 Å². The first-order chi connectivity index (χ1) is 14.2.